The van der Waals surface area contributed by atoms with Crippen LogP contribution in [0.2, 0.25) is 0 Å². The van der Waals surface area contributed by atoms with Crippen molar-refractivity contribution in [3.05, 3.63) is 52.9 Å². The molecule has 29 heavy (non-hydrogen) atoms. The summed E-state index contributed by atoms with van der Waals surface area (Å²) in [5.74, 6) is 2.84. The lowest BCUT2D eigenvalue weighted by atomic mass is 9.55. The van der Waals surface area contributed by atoms with Gasteiger partial charge in [-0.3, -0.25) is 4.68 Å². The van der Waals surface area contributed by atoms with Crippen LogP contribution in [0.1, 0.15) is 62.1 Å². The molecule has 0 bridgehead atoms. The second-order valence-electron chi connectivity index (χ2n) is 9.53. The average molecular weight is 393 g/mol. The van der Waals surface area contributed by atoms with Gasteiger partial charge in [-0.05, 0) is 85.6 Å². The lowest BCUT2D eigenvalue weighted by Crippen LogP contribution is -2.44. The highest BCUT2D eigenvalue weighted by Crippen LogP contribution is 2.62. The maximum Gasteiger partial charge on any atom is 0.119 e. The molecule has 4 nitrogen and oxygen atoms in total. The molecule has 0 amide bonds. The molecule has 1 N–H and O–H groups in total. The van der Waals surface area contributed by atoms with Crippen molar-refractivity contribution in [3.63, 3.8) is 0 Å². The summed E-state index contributed by atoms with van der Waals surface area (Å²) in [6.07, 6.45) is 11.4. The van der Waals surface area contributed by atoms with E-state index in [-0.39, 0.29) is 11.5 Å². The first kappa shape index (κ1) is 18.9. The summed E-state index contributed by atoms with van der Waals surface area (Å²) >= 11 is 0. The molecular formula is C25H32N2O2. The quantitative estimate of drug-likeness (QED) is 0.821. The van der Waals surface area contributed by atoms with Crippen molar-refractivity contribution in [2.45, 2.75) is 58.0 Å². The third-order valence-corrected chi connectivity index (χ3v) is 7.96. The molecule has 5 atom stereocenters. The zero-order valence-corrected chi connectivity index (χ0v) is 17.8. The molecule has 0 spiro atoms. The van der Waals surface area contributed by atoms with Gasteiger partial charge in [0.1, 0.15) is 5.75 Å². The lowest BCUT2D eigenvalue weighted by molar-refractivity contribution is -0.0158. The van der Waals surface area contributed by atoms with Crippen molar-refractivity contribution in [1.29, 1.82) is 0 Å². The fourth-order valence-electron chi connectivity index (χ4n) is 6.54. The fraction of sp³-hybridized carbons (Fsp3) is 0.560. The van der Waals surface area contributed by atoms with Gasteiger partial charge in [0.15, 0.2) is 0 Å². The molecule has 5 rings (SSSR count). The maximum atomic E-state index is 11.3. The van der Waals surface area contributed by atoms with Crippen molar-refractivity contribution >= 4 is 6.08 Å². The lowest BCUT2D eigenvalue weighted by Gasteiger charge is -2.49. The Morgan fingerprint density at radius 2 is 2.21 bits per heavy atom. The molecule has 0 saturated heterocycles. The van der Waals surface area contributed by atoms with E-state index in [1.165, 1.54) is 29.5 Å². The molecule has 1 heterocycles. The Bertz CT molecular complexity index is 946. The van der Waals surface area contributed by atoms with Crippen molar-refractivity contribution < 1.29 is 9.84 Å². The second-order valence-corrected chi connectivity index (χ2v) is 9.53. The van der Waals surface area contributed by atoms with Gasteiger partial charge >= 0.3 is 0 Å². The van der Waals surface area contributed by atoms with Crippen LogP contribution in [-0.4, -0.2) is 27.6 Å². The van der Waals surface area contributed by atoms with E-state index in [0.717, 1.165) is 37.2 Å². The van der Waals surface area contributed by atoms with Gasteiger partial charge in [0.25, 0.3) is 0 Å². The van der Waals surface area contributed by atoms with E-state index < -0.39 is 0 Å². The minimum atomic E-state index is -0.338. The number of aliphatic hydroxyl groups is 1. The standard InChI is InChI=1S/C25H32N2O2/c1-4-29-19-6-8-20-17(12-19)5-7-22-21(20)9-10-25(2)23(22)13-18(24(25)28)11-16-14-26-27(3)15-16/h6,8,11-12,14-15,21-24,28H,4-5,7,9-10,13H2,1-3H3/b18-11+/t21-,22-,23-,24-,25+/m1/s1. The van der Waals surface area contributed by atoms with Gasteiger partial charge < -0.3 is 9.84 Å². The summed E-state index contributed by atoms with van der Waals surface area (Å²) in [7, 11) is 1.94. The van der Waals surface area contributed by atoms with Crippen LogP contribution < -0.4 is 4.74 Å². The summed E-state index contributed by atoms with van der Waals surface area (Å²) in [6, 6.07) is 6.73. The van der Waals surface area contributed by atoms with Crippen molar-refractivity contribution in [3.8, 4) is 5.75 Å². The normalized spacial score (nSPS) is 34.6. The Hall–Kier alpha value is -2.07. The van der Waals surface area contributed by atoms with E-state index >= 15 is 0 Å². The summed E-state index contributed by atoms with van der Waals surface area (Å²) < 4.78 is 7.56. The van der Waals surface area contributed by atoms with Crippen molar-refractivity contribution in [2.24, 2.45) is 24.3 Å². The van der Waals surface area contributed by atoms with E-state index in [0.29, 0.717) is 17.8 Å². The number of benzene rings is 1. The highest BCUT2D eigenvalue weighted by atomic mass is 16.5. The van der Waals surface area contributed by atoms with Gasteiger partial charge in [0.2, 0.25) is 0 Å². The van der Waals surface area contributed by atoms with Crippen LogP contribution in [0, 0.1) is 17.3 Å². The molecule has 0 aliphatic heterocycles. The predicted molar refractivity (Wildman–Crippen MR) is 115 cm³/mol. The van der Waals surface area contributed by atoms with Gasteiger partial charge in [-0.15, -0.1) is 0 Å². The maximum absolute atomic E-state index is 11.3. The Balaban J connectivity index is 1.44. The third kappa shape index (κ3) is 3.04. The summed E-state index contributed by atoms with van der Waals surface area (Å²) in [5.41, 5.74) is 5.30. The molecule has 2 fully saturated rings. The molecule has 2 aromatic rings. The largest absolute Gasteiger partial charge is 0.494 e. The van der Waals surface area contributed by atoms with Crippen LogP contribution in [0.15, 0.2) is 36.2 Å². The van der Waals surface area contributed by atoms with Crippen LogP contribution in [0.25, 0.3) is 6.08 Å². The molecule has 1 aromatic carbocycles. The number of aryl methyl sites for hydroxylation is 2. The van der Waals surface area contributed by atoms with Crippen LogP contribution in [0.3, 0.4) is 0 Å². The SMILES string of the molecule is CCOc1ccc2c(c1)CC[C@@H]1[C@@H]2CC[C@]2(C)[C@H](O)/C(=C/c3cnn(C)c3)C[C@H]12. The van der Waals surface area contributed by atoms with Gasteiger partial charge in [-0.1, -0.05) is 19.1 Å². The number of hydrogen-bond acceptors (Lipinski definition) is 3. The highest BCUT2D eigenvalue weighted by Gasteiger charge is 2.56. The molecule has 2 saturated carbocycles. The van der Waals surface area contributed by atoms with E-state index in [4.69, 9.17) is 4.74 Å². The van der Waals surface area contributed by atoms with Gasteiger partial charge in [-0.25, -0.2) is 0 Å². The first-order valence-corrected chi connectivity index (χ1v) is 11.1. The Kier molecular flexibility index (Phi) is 4.58. The molecular weight excluding hydrogens is 360 g/mol. The number of rotatable bonds is 3. The van der Waals surface area contributed by atoms with Crippen LogP contribution >= 0.6 is 0 Å². The predicted octanol–water partition coefficient (Wildman–Crippen LogP) is 4.73. The fourth-order valence-corrected chi connectivity index (χ4v) is 6.54. The van der Waals surface area contributed by atoms with Gasteiger partial charge in [0, 0.05) is 24.2 Å². The first-order valence-electron chi connectivity index (χ1n) is 11.1. The summed E-state index contributed by atoms with van der Waals surface area (Å²) in [5, 5.41) is 15.6. The van der Waals surface area contributed by atoms with E-state index in [2.05, 4.69) is 36.3 Å². The Morgan fingerprint density at radius 3 is 2.97 bits per heavy atom. The van der Waals surface area contributed by atoms with E-state index in [1.807, 2.05) is 31.0 Å². The molecule has 154 valence electrons. The monoisotopic (exact) mass is 392 g/mol. The number of nitrogens with zero attached hydrogens (tertiary/aromatic N) is 2. The van der Waals surface area contributed by atoms with E-state index in [1.54, 1.807) is 0 Å². The summed E-state index contributed by atoms with van der Waals surface area (Å²) in [4.78, 5) is 0. The van der Waals surface area contributed by atoms with Gasteiger partial charge in [-0.2, -0.15) is 5.10 Å². The number of hydrogen-bond donors (Lipinski definition) is 1. The minimum absolute atomic E-state index is 0.00201. The smallest absolute Gasteiger partial charge is 0.119 e. The molecule has 3 aliphatic rings. The Morgan fingerprint density at radius 1 is 1.34 bits per heavy atom. The molecule has 1 aromatic heterocycles. The topological polar surface area (TPSA) is 47.3 Å². The molecule has 4 heteroatoms. The third-order valence-electron chi connectivity index (χ3n) is 7.96. The number of aromatic nitrogens is 2. The highest BCUT2D eigenvalue weighted by molar-refractivity contribution is 5.54. The van der Waals surface area contributed by atoms with Crippen molar-refractivity contribution in [2.75, 3.05) is 6.61 Å². The number of fused-ring (bicyclic) bond motifs is 5. The van der Waals surface area contributed by atoms with Crippen LogP contribution in [0.5, 0.6) is 5.75 Å². The zero-order valence-electron chi connectivity index (χ0n) is 17.8. The average Bonchev–Trinajstić information content (AvgIpc) is 3.23. The number of ether oxygens (including phenoxy) is 1. The van der Waals surface area contributed by atoms with Gasteiger partial charge in [0.05, 0.1) is 18.9 Å². The number of aliphatic hydroxyl groups excluding tert-OH is 1. The summed E-state index contributed by atoms with van der Waals surface area (Å²) in [6.45, 7) is 5.09. The molecule has 0 unspecified atom stereocenters. The Labute approximate surface area is 173 Å². The van der Waals surface area contributed by atoms with E-state index in [9.17, 15) is 5.11 Å². The molecule has 3 aliphatic carbocycles. The molecule has 0 radical (unpaired) electrons. The van der Waals surface area contributed by atoms with Crippen molar-refractivity contribution in [1.82, 2.24) is 9.78 Å². The van der Waals surface area contributed by atoms with Crippen LogP contribution in [0.4, 0.5) is 0 Å². The second kappa shape index (κ2) is 7.02. The minimum Gasteiger partial charge on any atom is -0.494 e. The zero-order chi connectivity index (χ0) is 20.2. The van der Waals surface area contributed by atoms with Crippen LogP contribution in [-0.2, 0) is 13.5 Å². The first-order chi connectivity index (χ1) is 14.0.